The lowest BCUT2D eigenvalue weighted by molar-refractivity contribution is -0.140. The highest BCUT2D eigenvalue weighted by molar-refractivity contribution is 5.80. The zero-order valence-corrected chi connectivity index (χ0v) is 19.2. The number of carboxylic acid groups (broad SMARTS) is 1. The molecule has 3 atom stereocenters. The Hall–Kier alpha value is -3.39. The molecule has 3 N–H and O–H groups in total. The third-order valence-electron chi connectivity index (χ3n) is 6.71. The van der Waals surface area contributed by atoms with Crippen LogP contribution in [-0.4, -0.2) is 55.5 Å². The molecule has 0 aliphatic heterocycles. The largest absolute Gasteiger partial charge is 0.481 e. The van der Waals surface area contributed by atoms with E-state index in [9.17, 15) is 14.4 Å². The number of fused-ring (bicyclic) bond motifs is 3. The Morgan fingerprint density at radius 1 is 1.03 bits per heavy atom. The Morgan fingerprint density at radius 2 is 1.68 bits per heavy atom. The summed E-state index contributed by atoms with van der Waals surface area (Å²) >= 11 is 0. The fraction of sp³-hybridized carbons (Fsp3) is 0.423. The van der Waals surface area contributed by atoms with Gasteiger partial charge in [0.2, 0.25) is 5.91 Å². The third-order valence-corrected chi connectivity index (χ3v) is 6.71. The van der Waals surface area contributed by atoms with Gasteiger partial charge in [0, 0.05) is 31.5 Å². The normalized spacial score (nSPS) is 19.7. The average Bonchev–Trinajstić information content (AvgIpc) is 3.42. The summed E-state index contributed by atoms with van der Waals surface area (Å²) in [4.78, 5) is 35.8. The zero-order chi connectivity index (χ0) is 24.1. The minimum absolute atomic E-state index is 0.000197. The molecule has 34 heavy (non-hydrogen) atoms. The van der Waals surface area contributed by atoms with Crippen molar-refractivity contribution >= 4 is 18.0 Å². The van der Waals surface area contributed by atoms with Gasteiger partial charge in [-0.15, -0.1) is 0 Å². The van der Waals surface area contributed by atoms with Crippen LogP contribution >= 0.6 is 0 Å². The number of amides is 2. The van der Waals surface area contributed by atoms with Crippen LogP contribution in [0.1, 0.15) is 42.7 Å². The van der Waals surface area contributed by atoms with E-state index in [1.165, 1.54) is 18.2 Å². The van der Waals surface area contributed by atoms with E-state index in [4.69, 9.17) is 14.6 Å². The summed E-state index contributed by atoms with van der Waals surface area (Å²) in [6, 6.07) is 16.2. The molecular weight excluding hydrogens is 436 g/mol. The topological polar surface area (TPSA) is 114 Å². The molecule has 2 aromatic carbocycles. The predicted molar refractivity (Wildman–Crippen MR) is 125 cm³/mol. The molecule has 0 bridgehead atoms. The number of carboxylic acids is 1. The van der Waals surface area contributed by atoms with Crippen LogP contribution in [0.25, 0.3) is 11.1 Å². The summed E-state index contributed by atoms with van der Waals surface area (Å²) in [5.74, 6) is -1.36. The van der Waals surface area contributed by atoms with Gasteiger partial charge >= 0.3 is 12.1 Å². The van der Waals surface area contributed by atoms with E-state index in [0.29, 0.717) is 19.3 Å². The van der Waals surface area contributed by atoms with E-state index in [1.54, 1.807) is 0 Å². The van der Waals surface area contributed by atoms with Crippen LogP contribution in [0.2, 0.25) is 0 Å². The van der Waals surface area contributed by atoms with Crippen molar-refractivity contribution in [2.24, 2.45) is 5.92 Å². The van der Waals surface area contributed by atoms with Crippen LogP contribution in [0.5, 0.6) is 0 Å². The number of nitrogens with one attached hydrogen (secondary N) is 2. The maximum atomic E-state index is 12.5. The minimum atomic E-state index is -0.977. The number of rotatable bonds is 9. The molecule has 8 nitrogen and oxygen atoms in total. The van der Waals surface area contributed by atoms with E-state index in [1.807, 2.05) is 24.3 Å². The van der Waals surface area contributed by atoms with Crippen molar-refractivity contribution in [1.82, 2.24) is 10.6 Å². The summed E-state index contributed by atoms with van der Waals surface area (Å²) in [6.07, 6.45) is 0.633. The van der Waals surface area contributed by atoms with Gasteiger partial charge in [0.1, 0.15) is 6.61 Å². The van der Waals surface area contributed by atoms with E-state index >= 15 is 0 Å². The number of hydrogen-bond acceptors (Lipinski definition) is 5. The lowest BCUT2D eigenvalue weighted by atomic mass is 9.98. The molecule has 4 rings (SSSR count). The smallest absolute Gasteiger partial charge is 0.407 e. The second kappa shape index (κ2) is 10.7. The standard InChI is InChI=1S/C26H30N2O6/c1-33-18(13-24(29)30)14-27-25(31)16-10-11-17(12-16)28-26(32)34-15-23-21-8-4-2-6-19(21)20-7-3-5-9-22(20)23/h2-9,16-18,23H,10-15H2,1H3,(H,27,31)(H,28,32)(H,29,30)/t16-,17+,18?/m0/s1. The highest BCUT2D eigenvalue weighted by atomic mass is 16.5. The molecule has 0 heterocycles. The van der Waals surface area contributed by atoms with Gasteiger partial charge in [-0.05, 0) is 41.5 Å². The first-order chi connectivity index (χ1) is 16.5. The fourth-order valence-corrected chi connectivity index (χ4v) is 4.95. The Balaban J connectivity index is 1.25. The summed E-state index contributed by atoms with van der Waals surface area (Å²) in [6.45, 7) is 0.390. The van der Waals surface area contributed by atoms with Crippen molar-refractivity contribution in [1.29, 1.82) is 0 Å². The molecule has 1 unspecified atom stereocenters. The molecule has 2 aromatic rings. The van der Waals surface area contributed by atoms with E-state index in [2.05, 4.69) is 34.9 Å². The minimum Gasteiger partial charge on any atom is -0.481 e. The van der Waals surface area contributed by atoms with E-state index in [-0.39, 0.29) is 43.4 Å². The Morgan fingerprint density at radius 3 is 2.29 bits per heavy atom. The van der Waals surface area contributed by atoms with Crippen LogP contribution in [0.15, 0.2) is 48.5 Å². The van der Waals surface area contributed by atoms with Gasteiger partial charge in [-0.25, -0.2) is 4.79 Å². The summed E-state index contributed by atoms with van der Waals surface area (Å²) in [7, 11) is 1.42. The number of benzene rings is 2. The zero-order valence-electron chi connectivity index (χ0n) is 19.2. The molecule has 2 aliphatic carbocycles. The number of aliphatic carboxylic acids is 1. The Kier molecular flexibility index (Phi) is 7.47. The molecule has 0 radical (unpaired) electrons. The molecule has 0 saturated heterocycles. The first-order valence-electron chi connectivity index (χ1n) is 11.6. The van der Waals surface area contributed by atoms with Gasteiger partial charge in [0.05, 0.1) is 12.5 Å². The molecule has 0 aromatic heterocycles. The van der Waals surface area contributed by atoms with Crippen molar-refractivity contribution < 1.29 is 29.0 Å². The van der Waals surface area contributed by atoms with Crippen LogP contribution < -0.4 is 10.6 Å². The molecule has 8 heteroatoms. The van der Waals surface area contributed by atoms with E-state index in [0.717, 1.165) is 11.1 Å². The number of carbonyl (C=O) groups is 3. The SMILES string of the molecule is COC(CNC(=O)[C@H]1CC[C@@H](NC(=O)OCC2c3ccccc3-c3ccccc32)C1)CC(=O)O. The highest BCUT2D eigenvalue weighted by Crippen LogP contribution is 2.44. The summed E-state index contributed by atoms with van der Waals surface area (Å²) < 4.78 is 10.7. The monoisotopic (exact) mass is 466 g/mol. The lowest BCUT2D eigenvalue weighted by Crippen LogP contribution is -2.38. The third kappa shape index (κ3) is 5.39. The van der Waals surface area contributed by atoms with Gasteiger partial charge in [-0.2, -0.15) is 0 Å². The fourth-order valence-electron chi connectivity index (χ4n) is 4.95. The van der Waals surface area contributed by atoms with Crippen molar-refractivity contribution in [3.8, 4) is 11.1 Å². The maximum Gasteiger partial charge on any atom is 0.407 e. The van der Waals surface area contributed by atoms with Crippen molar-refractivity contribution in [2.45, 2.75) is 43.7 Å². The van der Waals surface area contributed by atoms with Crippen LogP contribution in [0.4, 0.5) is 4.79 Å². The summed E-state index contributed by atoms with van der Waals surface area (Å²) in [5, 5.41) is 14.5. The van der Waals surface area contributed by atoms with E-state index < -0.39 is 18.2 Å². The van der Waals surface area contributed by atoms with Gasteiger partial charge in [0.25, 0.3) is 0 Å². The first kappa shape index (κ1) is 23.8. The quantitative estimate of drug-likeness (QED) is 0.523. The van der Waals surface area contributed by atoms with Crippen molar-refractivity contribution in [3.05, 3.63) is 59.7 Å². The molecule has 1 fully saturated rings. The molecular formula is C26H30N2O6. The van der Waals surface area contributed by atoms with Crippen molar-refractivity contribution in [2.75, 3.05) is 20.3 Å². The highest BCUT2D eigenvalue weighted by Gasteiger charge is 2.32. The number of carbonyl (C=O) groups excluding carboxylic acids is 2. The average molecular weight is 467 g/mol. The second-order valence-electron chi connectivity index (χ2n) is 8.88. The van der Waals surface area contributed by atoms with Crippen molar-refractivity contribution in [3.63, 3.8) is 0 Å². The van der Waals surface area contributed by atoms with Gasteiger partial charge in [-0.3, -0.25) is 9.59 Å². The Labute approximate surface area is 198 Å². The molecule has 0 spiro atoms. The lowest BCUT2D eigenvalue weighted by Gasteiger charge is -2.18. The van der Waals surface area contributed by atoms with Crippen LogP contribution in [0.3, 0.4) is 0 Å². The maximum absolute atomic E-state index is 12.5. The summed E-state index contributed by atoms with van der Waals surface area (Å²) in [5.41, 5.74) is 4.67. The van der Waals surface area contributed by atoms with Gasteiger partial charge in [-0.1, -0.05) is 48.5 Å². The number of ether oxygens (including phenoxy) is 2. The van der Waals surface area contributed by atoms with Crippen LogP contribution in [-0.2, 0) is 19.1 Å². The molecule has 1 saturated carbocycles. The Bertz CT molecular complexity index is 1010. The van der Waals surface area contributed by atoms with Gasteiger partial charge < -0.3 is 25.2 Å². The number of methoxy groups -OCH3 is 1. The van der Waals surface area contributed by atoms with Gasteiger partial charge in [0.15, 0.2) is 0 Å². The molecule has 180 valence electrons. The first-order valence-corrected chi connectivity index (χ1v) is 11.6. The van der Waals surface area contributed by atoms with Crippen LogP contribution in [0, 0.1) is 5.92 Å². The number of alkyl carbamates (subject to hydrolysis) is 1. The predicted octanol–water partition coefficient (Wildman–Crippen LogP) is 3.30. The second-order valence-corrected chi connectivity index (χ2v) is 8.88. The molecule has 2 amide bonds. The molecule has 2 aliphatic rings. The number of hydrogen-bond donors (Lipinski definition) is 3.